The van der Waals surface area contributed by atoms with E-state index < -0.39 is 10.0 Å². The maximum Gasteiger partial charge on any atom is 0.264 e. The van der Waals surface area contributed by atoms with Crippen LogP contribution in [0.25, 0.3) is 0 Å². The summed E-state index contributed by atoms with van der Waals surface area (Å²) in [5.74, 6) is 0. The van der Waals surface area contributed by atoms with E-state index in [-0.39, 0.29) is 6.04 Å². The van der Waals surface area contributed by atoms with Gasteiger partial charge in [0.1, 0.15) is 0 Å². The van der Waals surface area contributed by atoms with E-state index in [1.807, 2.05) is 50.2 Å². The zero-order valence-corrected chi connectivity index (χ0v) is 20.9. The second-order valence-corrected chi connectivity index (χ2v) is 11.2. The van der Waals surface area contributed by atoms with Crippen molar-refractivity contribution in [3.63, 3.8) is 0 Å². The lowest BCUT2D eigenvalue weighted by Gasteiger charge is -2.39. The van der Waals surface area contributed by atoms with E-state index in [1.54, 1.807) is 16.4 Å². The molecule has 0 amide bonds. The van der Waals surface area contributed by atoms with Crippen molar-refractivity contribution in [3.8, 4) is 0 Å². The van der Waals surface area contributed by atoms with E-state index in [2.05, 4.69) is 36.9 Å². The van der Waals surface area contributed by atoms with Gasteiger partial charge in [-0.25, -0.2) is 8.42 Å². The number of piperidine rings is 1. The Morgan fingerprint density at radius 2 is 1.52 bits per heavy atom. The molecule has 3 aromatic rings. The first-order valence-electron chi connectivity index (χ1n) is 11.7. The molecule has 4 rings (SSSR count). The number of hydrogen-bond acceptors (Lipinski definition) is 3. The van der Waals surface area contributed by atoms with Gasteiger partial charge in [-0.05, 0) is 87.1 Å². The number of nitrogens with zero attached hydrogens (tertiary/aromatic N) is 2. The van der Waals surface area contributed by atoms with Gasteiger partial charge in [0.25, 0.3) is 10.0 Å². The van der Waals surface area contributed by atoms with Gasteiger partial charge >= 0.3 is 0 Å². The Morgan fingerprint density at radius 3 is 2.15 bits per heavy atom. The summed E-state index contributed by atoms with van der Waals surface area (Å²) in [7, 11) is -3.66. The third-order valence-electron chi connectivity index (χ3n) is 6.70. The maximum absolute atomic E-state index is 13.8. The molecule has 0 N–H and O–H groups in total. The summed E-state index contributed by atoms with van der Waals surface area (Å²) in [4.78, 5) is 2.80. The monoisotopic (exact) mass is 462 g/mol. The molecule has 5 heteroatoms. The third-order valence-corrected chi connectivity index (χ3v) is 8.58. The molecule has 33 heavy (non-hydrogen) atoms. The van der Waals surface area contributed by atoms with Gasteiger partial charge in [0, 0.05) is 25.7 Å². The quantitative estimate of drug-likeness (QED) is 0.466. The molecule has 3 aromatic carbocycles. The minimum Gasteiger partial charge on any atom is -0.299 e. The summed E-state index contributed by atoms with van der Waals surface area (Å²) in [5.41, 5.74) is 6.76. The minimum atomic E-state index is -3.66. The lowest BCUT2D eigenvalue weighted by Crippen LogP contribution is -2.47. The number of likely N-dealkylation sites (tertiary alicyclic amines) is 1. The Hall–Kier alpha value is -2.63. The van der Waals surface area contributed by atoms with Crippen molar-refractivity contribution in [2.45, 2.75) is 58.0 Å². The average molecular weight is 463 g/mol. The van der Waals surface area contributed by atoms with Gasteiger partial charge in [-0.15, -0.1) is 0 Å². The Kier molecular flexibility index (Phi) is 6.91. The van der Waals surface area contributed by atoms with E-state index in [1.165, 1.54) is 16.7 Å². The van der Waals surface area contributed by atoms with Crippen LogP contribution in [-0.4, -0.2) is 32.4 Å². The van der Waals surface area contributed by atoms with E-state index in [0.29, 0.717) is 4.90 Å². The smallest absolute Gasteiger partial charge is 0.264 e. The van der Waals surface area contributed by atoms with Crippen molar-refractivity contribution in [2.24, 2.45) is 0 Å². The standard InChI is InChI=1S/C28H34N2O2S/c1-21-8-12-26(13-9-21)30(33(31,32)28-7-5-6-22(2)18-28)27-14-16-29(17-15-27)20-25-11-10-23(3)24(4)19-25/h5-13,18-19,27H,14-17,20H2,1-4H3. The SMILES string of the molecule is Cc1ccc(N(C2CCN(Cc3ccc(C)c(C)c3)CC2)S(=O)(=O)c2cccc(C)c2)cc1. The van der Waals surface area contributed by atoms with Gasteiger partial charge < -0.3 is 0 Å². The molecule has 0 saturated carbocycles. The van der Waals surface area contributed by atoms with Gasteiger partial charge in [-0.1, -0.05) is 48.0 Å². The first kappa shape index (κ1) is 23.5. The summed E-state index contributed by atoms with van der Waals surface area (Å²) in [5, 5.41) is 0. The van der Waals surface area contributed by atoms with Gasteiger partial charge in [-0.3, -0.25) is 9.21 Å². The Morgan fingerprint density at radius 1 is 0.818 bits per heavy atom. The van der Waals surface area contributed by atoms with E-state index in [0.717, 1.165) is 49.3 Å². The van der Waals surface area contributed by atoms with Crippen molar-refractivity contribution < 1.29 is 8.42 Å². The Labute approximate surface area is 198 Å². The van der Waals surface area contributed by atoms with Crippen LogP contribution < -0.4 is 4.31 Å². The number of aryl methyl sites for hydroxylation is 4. The highest BCUT2D eigenvalue weighted by molar-refractivity contribution is 7.92. The average Bonchev–Trinajstić information content (AvgIpc) is 2.79. The fourth-order valence-corrected chi connectivity index (χ4v) is 6.41. The predicted molar refractivity (Wildman–Crippen MR) is 136 cm³/mol. The molecule has 0 bridgehead atoms. The second kappa shape index (κ2) is 9.70. The van der Waals surface area contributed by atoms with Crippen molar-refractivity contribution in [1.82, 2.24) is 4.90 Å². The highest BCUT2D eigenvalue weighted by Gasteiger charge is 2.34. The first-order chi connectivity index (χ1) is 15.7. The van der Waals surface area contributed by atoms with Gasteiger partial charge in [-0.2, -0.15) is 0 Å². The van der Waals surface area contributed by atoms with Crippen LogP contribution in [0.3, 0.4) is 0 Å². The number of hydrogen-bond donors (Lipinski definition) is 0. The summed E-state index contributed by atoms with van der Waals surface area (Å²) in [6, 6.07) is 21.7. The van der Waals surface area contributed by atoms with Crippen LogP contribution in [0.1, 0.15) is 40.7 Å². The zero-order valence-electron chi connectivity index (χ0n) is 20.1. The molecular weight excluding hydrogens is 428 g/mol. The summed E-state index contributed by atoms with van der Waals surface area (Å²) in [6.45, 7) is 10.9. The summed E-state index contributed by atoms with van der Waals surface area (Å²) < 4.78 is 29.3. The number of anilines is 1. The molecule has 1 saturated heterocycles. The van der Waals surface area contributed by atoms with Crippen LogP contribution in [0.4, 0.5) is 5.69 Å². The predicted octanol–water partition coefficient (Wildman–Crippen LogP) is 5.78. The number of benzene rings is 3. The van der Waals surface area contributed by atoms with Crippen LogP contribution in [0.2, 0.25) is 0 Å². The molecule has 1 heterocycles. The van der Waals surface area contributed by atoms with E-state index in [9.17, 15) is 8.42 Å². The molecule has 4 nitrogen and oxygen atoms in total. The molecule has 0 radical (unpaired) electrons. The van der Waals surface area contributed by atoms with Crippen molar-refractivity contribution >= 4 is 15.7 Å². The molecule has 0 aliphatic carbocycles. The molecule has 1 fully saturated rings. The van der Waals surface area contributed by atoms with Crippen molar-refractivity contribution in [2.75, 3.05) is 17.4 Å². The molecule has 0 unspecified atom stereocenters. The number of rotatable bonds is 6. The van der Waals surface area contributed by atoms with Gasteiger partial charge in [0.05, 0.1) is 10.6 Å². The molecule has 174 valence electrons. The highest BCUT2D eigenvalue weighted by atomic mass is 32.2. The third kappa shape index (κ3) is 5.31. The molecule has 1 aliphatic heterocycles. The molecular formula is C28H34N2O2S. The van der Waals surface area contributed by atoms with Crippen molar-refractivity contribution in [3.05, 3.63) is 94.5 Å². The lowest BCUT2D eigenvalue weighted by molar-refractivity contribution is 0.206. The van der Waals surface area contributed by atoms with Crippen LogP contribution in [0.15, 0.2) is 71.6 Å². The fraction of sp³-hybridized carbons (Fsp3) is 0.357. The lowest BCUT2D eigenvalue weighted by atomic mass is 10.0. The van der Waals surface area contributed by atoms with E-state index in [4.69, 9.17) is 0 Å². The fourth-order valence-electron chi connectivity index (χ4n) is 4.60. The first-order valence-corrected chi connectivity index (χ1v) is 13.1. The topological polar surface area (TPSA) is 40.6 Å². The number of sulfonamides is 1. The second-order valence-electron chi connectivity index (χ2n) is 9.38. The highest BCUT2D eigenvalue weighted by Crippen LogP contribution is 2.31. The Bertz CT molecular complexity index is 1210. The van der Waals surface area contributed by atoms with Crippen LogP contribution in [0.5, 0.6) is 0 Å². The Balaban J connectivity index is 1.57. The largest absolute Gasteiger partial charge is 0.299 e. The molecule has 0 spiro atoms. The summed E-state index contributed by atoms with van der Waals surface area (Å²) in [6.07, 6.45) is 1.62. The van der Waals surface area contributed by atoms with Crippen molar-refractivity contribution in [1.29, 1.82) is 0 Å². The van der Waals surface area contributed by atoms with Crippen LogP contribution in [0, 0.1) is 27.7 Å². The zero-order chi connectivity index (χ0) is 23.6. The maximum atomic E-state index is 13.8. The molecule has 0 aromatic heterocycles. The minimum absolute atomic E-state index is 0.0609. The molecule has 1 aliphatic rings. The summed E-state index contributed by atoms with van der Waals surface area (Å²) >= 11 is 0. The van der Waals surface area contributed by atoms with Gasteiger partial charge in [0.2, 0.25) is 0 Å². The molecule has 0 atom stereocenters. The van der Waals surface area contributed by atoms with Crippen LogP contribution in [-0.2, 0) is 16.6 Å². The normalized spacial score (nSPS) is 15.5. The van der Waals surface area contributed by atoms with Gasteiger partial charge in [0.15, 0.2) is 0 Å². The van der Waals surface area contributed by atoms with E-state index >= 15 is 0 Å². The van der Waals surface area contributed by atoms with Crippen LogP contribution >= 0.6 is 0 Å².